The number of methoxy groups -OCH3 is 1. The molecule has 1 aromatic heterocycles. The first kappa shape index (κ1) is 17.4. The first-order chi connectivity index (χ1) is 11.8. The SMILES string of the molecule is COC(=O)c1sc2cccc(F)c2c1S(=O)(=O)Nc1ccc(C)cc1. The predicted molar refractivity (Wildman–Crippen MR) is 95.1 cm³/mol. The van der Waals surface area contributed by atoms with E-state index in [-0.39, 0.29) is 10.3 Å². The third-order valence-corrected chi connectivity index (χ3v) is 6.28. The fourth-order valence-electron chi connectivity index (χ4n) is 2.39. The number of benzene rings is 2. The molecule has 130 valence electrons. The van der Waals surface area contributed by atoms with Crippen LogP contribution in [0.15, 0.2) is 47.4 Å². The maximum atomic E-state index is 14.3. The molecule has 1 heterocycles. The molecule has 0 amide bonds. The molecule has 2 aromatic carbocycles. The van der Waals surface area contributed by atoms with Crippen LogP contribution < -0.4 is 4.72 Å². The van der Waals surface area contributed by atoms with E-state index in [9.17, 15) is 17.6 Å². The Labute approximate surface area is 148 Å². The molecule has 0 aliphatic rings. The highest BCUT2D eigenvalue weighted by Crippen LogP contribution is 2.37. The Kier molecular flexibility index (Phi) is 4.49. The summed E-state index contributed by atoms with van der Waals surface area (Å²) in [5.41, 5.74) is 1.28. The molecule has 1 N–H and O–H groups in total. The maximum Gasteiger partial charge on any atom is 0.349 e. The van der Waals surface area contributed by atoms with Crippen molar-refractivity contribution in [1.82, 2.24) is 0 Å². The number of aryl methyl sites for hydroxylation is 1. The molecule has 0 saturated carbocycles. The van der Waals surface area contributed by atoms with Crippen molar-refractivity contribution in [1.29, 1.82) is 0 Å². The van der Waals surface area contributed by atoms with Gasteiger partial charge in [0.25, 0.3) is 10.0 Å². The fraction of sp³-hybridized carbons (Fsp3) is 0.118. The minimum atomic E-state index is -4.20. The summed E-state index contributed by atoms with van der Waals surface area (Å²) >= 11 is 0.877. The highest BCUT2D eigenvalue weighted by Gasteiger charge is 2.30. The number of anilines is 1. The van der Waals surface area contributed by atoms with Gasteiger partial charge in [-0.2, -0.15) is 0 Å². The van der Waals surface area contributed by atoms with Crippen LogP contribution in [0.3, 0.4) is 0 Å². The number of carbonyl (C=O) groups excluding carboxylic acids is 1. The molecule has 0 atom stereocenters. The van der Waals surface area contributed by atoms with Gasteiger partial charge in [0.15, 0.2) is 0 Å². The number of ether oxygens (including phenoxy) is 1. The second kappa shape index (κ2) is 6.45. The summed E-state index contributed by atoms with van der Waals surface area (Å²) < 4.78 is 47.5. The number of fused-ring (bicyclic) bond motifs is 1. The van der Waals surface area contributed by atoms with Gasteiger partial charge in [-0.1, -0.05) is 23.8 Å². The topological polar surface area (TPSA) is 72.5 Å². The molecule has 3 rings (SSSR count). The van der Waals surface area contributed by atoms with Crippen LogP contribution in [0.5, 0.6) is 0 Å². The number of carbonyl (C=O) groups is 1. The van der Waals surface area contributed by atoms with Gasteiger partial charge >= 0.3 is 5.97 Å². The van der Waals surface area contributed by atoms with Crippen LogP contribution in [0, 0.1) is 12.7 Å². The number of rotatable bonds is 4. The number of hydrogen-bond donors (Lipinski definition) is 1. The second-order valence-electron chi connectivity index (χ2n) is 5.34. The highest BCUT2D eigenvalue weighted by molar-refractivity contribution is 7.93. The van der Waals surface area contributed by atoms with Crippen LogP contribution in [-0.2, 0) is 14.8 Å². The molecule has 0 aliphatic heterocycles. The zero-order valence-corrected chi connectivity index (χ0v) is 15.0. The van der Waals surface area contributed by atoms with E-state index in [4.69, 9.17) is 0 Å². The lowest BCUT2D eigenvalue weighted by Gasteiger charge is -2.09. The van der Waals surface area contributed by atoms with E-state index < -0.39 is 26.7 Å². The van der Waals surface area contributed by atoms with Gasteiger partial charge in [-0.3, -0.25) is 4.72 Å². The van der Waals surface area contributed by atoms with Crippen molar-refractivity contribution in [2.75, 3.05) is 11.8 Å². The lowest BCUT2D eigenvalue weighted by atomic mass is 10.2. The van der Waals surface area contributed by atoms with Gasteiger partial charge in [0, 0.05) is 15.8 Å². The van der Waals surface area contributed by atoms with Gasteiger partial charge < -0.3 is 4.74 Å². The number of sulfonamides is 1. The molecule has 0 aliphatic carbocycles. The van der Waals surface area contributed by atoms with Gasteiger partial charge in [0.1, 0.15) is 15.6 Å². The van der Waals surface area contributed by atoms with E-state index in [0.29, 0.717) is 10.4 Å². The number of esters is 1. The molecule has 5 nitrogen and oxygen atoms in total. The normalized spacial score (nSPS) is 11.5. The summed E-state index contributed by atoms with van der Waals surface area (Å²) in [5.74, 6) is -1.54. The van der Waals surface area contributed by atoms with Crippen LogP contribution in [0.2, 0.25) is 0 Å². The van der Waals surface area contributed by atoms with E-state index in [0.717, 1.165) is 30.1 Å². The largest absolute Gasteiger partial charge is 0.465 e. The molecule has 0 unspecified atom stereocenters. The van der Waals surface area contributed by atoms with E-state index in [1.807, 2.05) is 6.92 Å². The molecule has 0 radical (unpaired) electrons. The number of hydrogen-bond acceptors (Lipinski definition) is 5. The minimum absolute atomic E-state index is 0.118. The molecule has 0 fully saturated rings. The Hall–Kier alpha value is -2.45. The molecule has 0 spiro atoms. The van der Waals surface area contributed by atoms with Crippen molar-refractivity contribution >= 4 is 43.1 Å². The van der Waals surface area contributed by atoms with E-state index in [1.54, 1.807) is 30.3 Å². The molecule has 25 heavy (non-hydrogen) atoms. The molecule has 3 aromatic rings. The summed E-state index contributed by atoms with van der Waals surface area (Å²) in [4.78, 5) is 11.5. The van der Waals surface area contributed by atoms with Crippen LogP contribution in [0.1, 0.15) is 15.2 Å². The Bertz CT molecular complexity index is 1060. The average Bonchev–Trinajstić information content (AvgIpc) is 2.98. The van der Waals surface area contributed by atoms with Crippen molar-refractivity contribution in [2.45, 2.75) is 11.8 Å². The van der Waals surface area contributed by atoms with Crippen LogP contribution >= 0.6 is 11.3 Å². The zero-order valence-electron chi connectivity index (χ0n) is 13.4. The first-order valence-electron chi connectivity index (χ1n) is 7.22. The Morgan fingerprint density at radius 3 is 2.48 bits per heavy atom. The molecule has 8 heteroatoms. The monoisotopic (exact) mass is 379 g/mol. The quantitative estimate of drug-likeness (QED) is 0.697. The average molecular weight is 379 g/mol. The number of thiophene rings is 1. The third-order valence-electron chi connectivity index (χ3n) is 3.56. The summed E-state index contributed by atoms with van der Waals surface area (Å²) in [6.45, 7) is 1.87. The van der Waals surface area contributed by atoms with Crippen molar-refractivity contribution in [2.24, 2.45) is 0 Å². The maximum absolute atomic E-state index is 14.3. The zero-order chi connectivity index (χ0) is 18.2. The van der Waals surface area contributed by atoms with Crippen LogP contribution in [-0.4, -0.2) is 21.5 Å². The molecule has 0 bridgehead atoms. The Morgan fingerprint density at radius 2 is 1.84 bits per heavy atom. The van der Waals surface area contributed by atoms with Gasteiger partial charge in [0.05, 0.1) is 7.11 Å². The summed E-state index contributed by atoms with van der Waals surface area (Å²) in [5, 5.41) is -0.118. The molecular weight excluding hydrogens is 365 g/mol. The Balaban J connectivity index is 2.21. The van der Waals surface area contributed by atoms with Crippen molar-refractivity contribution < 1.29 is 22.3 Å². The smallest absolute Gasteiger partial charge is 0.349 e. The fourth-order valence-corrected chi connectivity index (χ4v) is 5.29. The predicted octanol–water partition coefficient (Wildman–Crippen LogP) is 3.94. The van der Waals surface area contributed by atoms with E-state index in [1.165, 1.54) is 6.07 Å². The van der Waals surface area contributed by atoms with Crippen LogP contribution in [0.25, 0.3) is 10.1 Å². The molecular formula is C17H14FNO4S2. The van der Waals surface area contributed by atoms with E-state index in [2.05, 4.69) is 9.46 Å². The lowest BCUT2D eigenvalue weighted by Crippen LogP contribution is -2.16. The van der Waals surface area contributed by atoms with Gasteiger partial charge in [-0.05, 0) is 31.2 Å². The number of halogens is 1. The summed E-state index contributed by atoms with van der Waals surface area (Å²) in [7, 11) is -3.05. The summed E-state index contributed by atoms with van der Waals surface area (Å²) in [6.07, 6.45) is 0. The van der Waals surface area contributed by atoms with Crippen molar-refractivity contribution in [3.8, 4) is 0 Å². The standard InChI is InChI=1S/C17H14FNO4S2/c1-10-6-8-11(9-7-10)19-25(21,22)16-14-12(18)4-3-5-13(14)24-15(16)17(20)23-2/h3-9,19H,1-2H3. The first-order valence-corrected chi connectivity index (χ1v) is 9.52. The summed E-state index contributed by atoms with van der Waals surface area (Å²) in [6, 6.07) is 10.8. The van der Waals surface area contributed by atoms with Gasteiger partial charge in [0.2, 0.25) is 0 Å². The molecule has 0 saturated heterocycles. The third kappa shape index (κ3) is 3.22. The number of nitrogens with one attached hydrogen (secondary N) is 1. The van der Waals surface area contributed by atoms with Gasteiger partial charge in [-0.25, -0.2) is 17.6 Å². The second-order valence-corrected chi connectivity index (χ2v) is 8.01. The van der Waals surface area contributed by atoms with Crippen LogP contribution in [0.4, 0.5) is 10.1 Å². The van der Waals surface area contributed by atoms with Gasteiger partial charge in [-0.15, -0.1) is 11.3 Å². The van der Waals surface area contributed by atoms with Crippen molar-refractivity contribution in [3.05, 3.63) is 58.7 Å². The van der Waals surface area contributed by atoms with Crippen molar-refractivity contribution in [3.63, 3.8) is 0 Å². The van der Waals surface area contributed by atoms with E-state index >= 15 is 0 Å². The Morgan fingerprint density at radius 1 is 1.16 bits per heavy atom. The minimum Gasteiger partial charge on any atom is -0.465 e. The lowest BCUT2D eigenvalue weighted by molar-refractivity contribution is 0.0602. The highest BCUT2D eigenvalue weighted by atomic mass is 32.2.